The maximum absolute atomic E-state index is 12.3. The van der Waals surface area contributed by atoms with Gasteiger partial charge in [0.2, 0.25) is 5.91 Å². The number of hydrogen-bond acceptors (Lipinski definition) is 3. The zero-order valence-corrected chi connectivity index (χ0v) is 12.8. The van der Waals surface area contributed by atoms with Crippen molar-refractivity contribution in [3.8, 4) is 0 Å². The average Bonchev–Trinajstić information content (AvgIpc) is 2.52. The van der Waals surface area contributed by atoms with Crippen LogP contribution < -0.4 is 5.32 Å². The molecule has 3 rings (SSSR count). The van der Waals surface area contributed by atoms with E-state index in [-0.39, 0.29) is 17.7 Å². The Bertz CT molecular complexity index is 520. The SMILES string of the molecule is O=C(NCC1CCN(C(=O)c2cccnc2)CC1)C1CCC1. The normalized spacial score (nSPS) is 19.5. The summed E-state index contributed by atoms with van der Waals surface area (Å²) >= 11 is 0. The van der Waals surface area contributed by atoms with Crippen LogP contribution in [-0.4, -0.2) is 41.3 Å². The van der Waals surface area contributed by atoms with Gasteiger partial charge < -0.3 is 10.2 Å². The minimum absolute atomic E-state index is 0.0602. The zero-order valence-electron chi connectivity index (χ0n) is 12.8. The van der Waals surface area contributed by atoms with E-state index >= 15 is 0 Å². The molecule has 0 aromatic carbocycles. The molecular weight excluding hydrogens is 278 g/mol. The molecule has 1 N–H and O–H groups in total. The third-order valence-electron chi connectivity index (χ3n) is 4.85. The number of aromatic nitrogens is 1. The van der Waals surface area contributed by atoms with Gasteiger partial charge in [-0.1, -0.05) is 6.42 Å². The van der Waals surface area contributed by atoms with Crippen molar-refractivity contribution in [2.45, 2.75) is 32.1 Å². The molecule has 2 fully saturated rings. The van der Waals surface area contributed by atoms with Crippen molar-refractivity contribution < 1.29 is 9.59 Å². The Morgan fingerprint density at radius 3 is 2.59 bits per heavy atom. The molecular formula is C17H23N3O2. The van der Waals surface area contributed by atoms with Crippen molar-refractivity contribution in [1.82, 2.24) is 15.2 Å². The lowest BCUT2D eigenvalue weighted by atomic mass is 9.84. The third-order valence-corrected chi connectivity index (χ3v) is 4.85. The molecule has 5 heteroatoms. The Kier molecular flexibility index (Phi) is 4.71. The molecule has 0 radical (unpaired) electrons. The van der Waals surface area contributed by atoms with Gasteiger partial charge >= 0.3 is 0 Å². The van der Waals surface area contributed by atoms with Crippen LogP contribution in [0.5, 0.6) is 0 Å². The number of piperidine rings is 1. The molecule has 0 bridgehead atoms. The molecule has 0 atom stereocenters. The molecule has 1 aromatic rings. The van der Waals surface area contributed by atoms with E-state index in [0.29, 0.717) is 11.5 Å². The number of amides is 2. The maximum Gasteiger partial charge on any atom is 0.255 e. The van der Waals surface area contributed by atoms with Gasteiger partial charge in [-0.05, 0) is 43.7 Å². The highest BCUT2D eigenvalue weighted by molar-refractivity contribution is 5.93. The summed E-state index contributed by atoms with van der Waals surface area (Å²) in [5, 5.41) is 3.08. The van der Waals surface area contributed by atoms with E-state index in [1.54, 1.807) is 24.5 Å². The van der Waals surface area contributed by atoms with Crippen LogP contribution in [0.2, 0.25) is 0 Å². The lowest BCUT2D eigenvalue weighted by molar-refractivity contribution is -0.127. The van der Waals surface area contributed by atoms with Crippen molar-refractivity contribution in [3.05, 3.63) is 30.1 Å². The number of pyridine rings is 1. The van der Waals surface area contributed by atoms with Crippen LogP contribution in [0, 0.1) is 11.8 Å². The Hall–Kier alpha value is -1.91. The number of likely N-dealkylation sites (tertiary alicyclic amines) is 1. The second-order valence-corrected chi connectivity index (χ2v) is 6.35. The van der Waals surface area contributed by atoms with Crippen LogP contribution >= 0.6 is 0 Å². The molecule has 1 aliphatic heterocycles. The Labute approximate surface area is 131 Å². The van der Waals surface area contributed by atoms with E-state index in [0.717, 1.165) is 45.3 Å². The van der Waals surface area contributed by atoms with E-state index in [1.807, 2.05) is 4.90 Å². The summed E-state index contributed by atoms with van der Waals surface area (Å²) in [5.41, 5.74) is 0.652. The maximum atomic E-state index is 12.3. The predicted molar refractivity (Wildman–Crippen MR) is 83.2 cm³/mol. The van der Waals surface area contributed by atoms with Gasteiger partial charge in [-0.25, -0.2) is 0 Å². The minimum atomic E-state index is 0.0602. The molecule has 0 unspecified atom stereocenters. The summed E-state index contributed by atoms with van der Waals surface area (Å²) in [6, 6.07) is 3.59. The molecule has 0 spiro atoms. The zero-order chi connectivity index (χ0) is 15.4. The fourth-order valence-corrected chi connectivity index (χ4v) is 3.07. The van der Waals surface area contributed by atoms with Crippen molar-refractivity contribution in [2.24, 2.45) is 11.8 Å². The average molecular weight is 301 g/mol. The van der Waals surface area contributed by atoms with Gasteiger partial charge in [-0.15, -0.1) is 0 Å². The monoisotopic (exact) mass is 301 g/mol. The van der Waals surface area contributed by atoms with Gasteiger partial charge in [0.1, 0.15) is 0 Å². The summed E-state index contributed by atoms with van der Waals surface area (Å²) in [6.45, 7) is 2.28. The van der Waals surface area contributed by atoms with Crippen LogP contribution in [-0.2, 0) is 4.79 Å². The molecule has 2 amide bonds. The van der Waals surface area contributed by atoms with Gasteiger partial charge in [0, 0.05) is 37.9 Å². The van der Waals surface area contributed by atoms with Crippen LogP contribution in [0.4, 0.5) is 0 Å². The fraction of sp³-hybridized carbons (Fsp3) is 0.588. The quantitative estimate of drug-likeness (QED) is 0.923. The number of nitrogens with one attached hydrogen (secondary N) is 1. The van der Waals surface area contributed by atoms with Gasteiger partial charge in [0.15, 0.2) is 0 Å². The van der Waals surface area contributed by atoms with E-state index < -0.39 is 0 Å². The molecule has 2 aliphatic rings. The summed E-state index contributed by atoms with van der Waals surface area (Å²) in [4.78, 5) is 30.1. The van der Waals surface area contributed by atoms with Crippen molar-refractivity contribution in [2.75, 3.05) is 19.6 Å². The highest BCUT2D eigenvalue weighted by atomic mass is 16.2. The first-order valence-electron chi connectivity index (χ1n) is 8.21. The molecule has 22 heavy (non-hydrogen) atoms. The van der Waals surface area contributed by atoms with E-state index in [1.165, 1.54) is 6.42 Å². The first kappa shape index (κ1) is 15.0. The van der Waals surface area contributed by atoms with Gasteiger partial charge in [0.25, 0.3) is 5.91 Å². The third kappa shape index (κ3) is 3.46. The number of carbonyl (C=O) groups excluding carboxylic acids is 2. The van der Waals surface area contributed by atoms with E-state index in [4.69, 9.17) is 0 Å². The lowest BCUT2D eigenvalue weighted by Gasteiger charge is -2.32. The second-order valence-electron chi connectivity index (χ2n) is 6.35. The van der Waals surface area contributed by atoms with E-state index in [2.05, 4.69) is 10.3 Å². The predicted octanol–water partition coefficient (Wildman–Crippen LogP) is 1.85. The van der Waals surface area contributed by atoms with Gasteiger partial charge in [0.05, 0.1) is 5.56 Å². The molecule has 1 saturated heterocycles. The Morgan fingerprint density at radius 1 is 1.23 bits per heavy atom. The first-order chi connectivity index (χ1) is 10.7. The highest BCUT2D eigenvalue weighted by Gasteiger charge is 2.27. The summed E-state index contributed by atoms with van der Waals surface area (Å²) in [6.07, 6.45) is 8.48. The largest absolute Gasteiger partial charge is 0.356 e. The van der Waals surface area contributed by atoms with Crippen LogP contribution in [0.1, 0.15) is 42.5 Å². The van der Waals surface area contributed by atoms with Gasteiger partial charge in [-0.2, -0.15) is 0 Å². The molecule has 1 aromatic heterocycles. The number of carbonyl (C=O) groups is 2. The topological polar surface area (TPSA) is 62.3 Å². The highest BCUT2D eigenvalue weighted by Crippen LogP contribution is 2.26. The fourth-order valence-electron chi connectivity index (χ4n) is 3.07. The molecule has 2 heterocycles. The van der Waals surface area contributed by atoms with Crippen molar-refractivity contribution >= 4 is 11.8 Å². The smallest absolute Gasteiger partial charge is 0.255 e. The van der Waals surface area contributed by atoms with Crippen LogP contribution in [0.3, 0.4) is 0 Å². The number of hydrogen-bond donors (Lipinski definition) is 1. The van der Waals surface area contributed by atoms with Gasteiger partial charge in [-0.3, -0.25) is 14.6 Å². The molecule has 118 valence electrons. The standard InChI is InChI=1S/C17H23N3O2/c21-16(14-3-1-4-14)19-11-13-6-9-20(10-7-13)17(22)15-5-2-8-18-12-15/h2,5,8,12-14H,1,3-4,6-7,9-11H2,(H,19,21). The molecule has 1 saturated carbocycles. The number of rotatable bonds is 4. The van der Waals surface area contributed by atoms with E-state index in [9.17, 15) is 9.59 Å². The number of nitrogens with zero attached hydrogens (tertiary/aromatic N) is 2. The lowest BCUT2D eigenvalue weighted by Crippen LogP contribution is -2.43. The van der Waals surface area contributed by atoms with Crippen LogP contribution in [0.15, 0.2) is 24.5 Å². The van der Waals surface area contributed by atoms with Crippen molar-refractivity contribution in [3.63, 3.8) is 0 Å². The van der Waals surface area contributed by atoms with Crippen LogP contribution in [0.25, 0.3) is 0 Å². The summed E-state index contributed by atoms with van der Waals surface area (Å²) in [5.74, 6) is 1.03. The summed E-state index contributed by atoms with van der Waals surface area (Å²) in [7, 11) is 0. The Morgan fingerprint density at radius 2 is 2.00 bits per heavy atom. The summed E-state index contributed by atoms with van der Waals surface area (Å²) < 4.78 is 0. The van der Waals surface area contributed by atoms with Crippen molar-refractivity contribution in [1.29, 1.82) is 0 Å². The Balaban J connectivity index is 1.42. The minimum Gasteiger partial charge on any atom is -0.356 e. The first-order valence-corrected chi connectivity index (χ1v) is 8.21. The second kappa shape index (κ2) is 6.90. The molecule has 5 nitrogen and oxygen atoms in total. The molecule has 1 aliphatic carbocycles.